The van der Waals surface area contributed by atoms with Crippen LogP contribution in [0.1, 0.15) is 113 Å². The van der Waals surface area contributed by atoms with E-state index in [-0.39, 0.29) is 0 Å². The van der Waals surface area contributed by atoms with Crippen molar-refractivity contribution < 1.29 is 14.2 Å². The first kappa shape index (κ1) is 25.9. The maximum atomic E-state index is 6.96. The van der Waals surface area contributed by atoms with Gasteiger partial charge in [-0.2, -0.15) is 0 Å². The van der Waals surface area contributed by atoms with E-state index >= 15 is 0 Å². The summed E-state index contributed by atoms with van der Waals surface area (Å²) in [6.45, 7) is 6.07. The highest BCUT2D eigenvalue weighted by atomic mass is 16.5. The highest BCUT2D eigenvalue weighted by Crippen LogP contribution is 2.44. The van der Waals surface area contributed by atoms with Crippen LogP contribution in [0.25, 0.3) is 0 Å². The molecule has 2 aliphatic rings. The maximum Gasteiger partial charge on any atom is 0.137 e. The monoisotopic (exact) mass is 478 g/mol. The van der Waals surface area contributed by atoms with E-state index in [1.54, 1.807) is 0 Å². The van der Waals surface area contributed by atoms with Crippen LogP contribution in [0.15, 0.2) is 24.3 Å². The Bertz CT molecular complexity index is 857. The summed E-state index contributed by atoms with van der Waals surface area (Å²) in [5.41, 5.74) is 5.20. The fourth-order valence-corrected chi connectivity index (χ4v) is 5.53. The Balaban J connectivity index is 1.51. The van der Waals surface area contributed by atoms with Crippen LogP contribution >= 0.6 is 0 Å². The molecule has 0 aromatic heterocycles. The maximum absolute atomic E-state index is 6.96. The molecule has 0 unspecified atom stereocenters. The van der Waals surface area contributed by atoms with Crippen molar-refractivity contribution in [2.24, 2.45) is 0 Å². The molecule has 4 rings (SSSR count). The van der Waals surface area contributed by atoms with Gasteiger partial charge in [-0.05, 0) is 48.9 Å². The third-order valence-electron chi connectivity index (χ3n) is 7.62. The van der Waals surface area contributed by atoms with E-state index in [1.807, 2.05) is 0 Å². The molecule has 2 aliphatic heterocycles. The summed E-state index contributed by atoms with van der Waals surface area (Å²) in [4.78, 5) is 0. The number of fused-ring (bicyclic) bond motifs is 2. The van der Waals surface area contributed by atoms with Crippen LogP contribution in [0.5, 0.6) is 23.0 Å². The highest BCUT2D eigenvalue weighted by molar-refractivity contribution is 5.58. The molecule has 0 fully saturated rings. The van der Waals surface area contributed by atoms with Crippen molar-refractivity contribution in [3.63, 3.8) is 0 Å². The van der Waals surface area contributed by atoms with E-state index < -0.39 is 0 Å². The van der Waals surface area contributed by atoms with Crippen LogP contribution in [0.3, 0.4) is 0 Å². The van der Waals surface area contributed by atoms with Gasteiger partial charge in [-0.15, -0.1) is 0 Å². The zero-order valence-electron chi connectivity index (χ0n) is 22.3. The largest absolute Gasteiger partial charge is 0.493 e. The highest BCUT2D eigenvalue weighted by Gasteiger charge is 2.25. The Hall–Kier alpha value is -2.16. The average molecular weight is 479 g/mol. The van der Waals surface area contributed by atoms with Gasteiger partial charge in [0.25, 0.3) is 0 Å². The minimum absolute atomic E-state index is 0.757. The van der Waals surface area contributed by atoms with E-state index in [2.05, 4.69) is 38.1 Å². The first-order chi connectivity index (χ1) is 17.3. The Morgan fingerprint density at radius 2 is 1.00 bits per heavy atom. The molecular formula is C32H46O3. The Morgan fingerprint density at radius 1 is 0.571 bits per heavy atom. The first-order valence-corrected chi connectivity index (χ1v) is 14.5. The third kappa shape index (κ3) is 6.96. The van der Waals surface area contributed by atoms with Gasteiger partial charge in [0.05, 0.1) is 13.2 Å². The second-order valence-corrected chi connectivity index (χ2v) is 10.4. The summed E-state index contributed by atoms with van der Waals surface area (Å²) in [6, 6.07) is 8.83. The summed E-state index contributed by atoms with van der Waals surface area (Å²) in [7, 11) is 0. The van der Waals surface area contributed by atoms with Crippen molar-refractivity contribution in [2.45, 2.75) is 117 Å². The van der Waals surface area contributed by atoms with Crippen LogP contribution < -0.4 is 14.2 Å². The van der Waals surface area contributed by atoms with Crippen molar-refractivity contribution in [1.29, 1.82) is 0 Å². The van der Waals surface area contributed by atoms with Gasteiger partial charge < -0.3 is 14.2 Å². The zero-order valence-corrected chi connectivity index (χ0v) is 22.3. The minimum atomic E-state index is 0.757. The van der Waals surface area contributed by atoms with Gasteiger partial charge in [0.2, 0.25) is 0 Å². The fourth-order valence-electron chi connectivity index (χ4n) is 5.53. The zero-order chi connectivity index (χ0) is 24.3. The second kappa shape index (κ2) is 13.8. The molecule has 2 aromatic rings. The molecule has 0 bridgehead atoms. The van der Waals surface area contributed by atoms with Crippen molar-refractivity contribution in [3.05, 3.63) is 46.5 Å². The van der Waals surface area contributed by atoms with Crippen molar-refractivity contribution >= 4 is 0 Å². The van der Waals surface area contributed by atoms with E-state index in [0.29, 0.717) is 0 Å². The van der Waals surface area contributed by atoms with Crippen molar-refractivity contribution in [2.75, 3.05) is 13.2 Å². The first-order valence-electron chi connectivity index (χ1n) is 14.5. The van der Waals surface area contributed by atoms with Crippen LogP contribution in [-0.4, -0.2) is 13.2 Å². The van der Waals surface area contributed by atoms with Crippen LogP contribution in [0, 0.1) is 0 Å². The molecule has 2 aromatic carbocycles. The minimum Gasteiger partial charge on any atom is -0.493 e. The van der Waals surface area contributed by atoms with E-state index in [0.717, 1.165) is 61.9 Å². The molecular weight excluding hydrogens is 432 g/mol. The van der Waals surface area contributed by atoms with Gasteiger partial charge >= 0.3 is 0 Å². The molecule has 192 valence electrons. The standard InChI is InChI=1S/C32H46O3/c1-3-5-7-9-11-13-15-25-17-19-29-27(21-23-33-29)31(25)35-32-26(16-14-12-10-8-6-4-2)18-20-30-28(32)22-24-34-30/h17-20H,3-16,21-24H2,1-2H3. The number of benzene rings is 2. The summed E-state index contributed by atoms with van der Waals surface area (Å²) >= 11 is 0. The normalized spacial score (nSPS) is 13.9. The summed E-state index contributed by atoms with van der Waals surface area (Å²) in [5.74, 6) is 4.15. The van der Waals surface area contributed by atoms with E-state index in [4.69, 9.17) is 14.2 Å². The Kier molecular flexibility index (Phi) is 10.2. The molecule has 0 atom stereocenters. The lowest BCUT2D eigenvalue weighted by Crippen LogP contribution is -2.01. The Labute approximate surface area is 213 Å². The molecule has 0 amide bonds. The number of unbranched alkanes of at least 4 members (excludes halogenated alkanes) is 10. The van der Waals surface area contributed by atoms with Crippen LogP contribution in [0.2, 0.25) is 0 Å². The smallest absolute Gasteiger partial charge is 0.137 e. The van der Waals surface area contributed by atoms with Gasteiger partial charge in [-0.3, -0.25) is 0 Å². The SMILES string of the molecule is CCCCCCCCc1ccc2c(c1Oc1c(CCCCCCCC)ccc3c1CCO3)CCO2. The molecule has 0 N–H and O–H groups in total. The predicted molar refractivity (Wildman–Crippen MR) is 146 cm³/mol. The van der Waals surface area contributed by atoms with E-state index in [9.17, 15) is 0 Å². The van der Waals surface area contributed by atoms with Gasteiger partial charge in [-0.1, -0.05) is 90.2 Å². The quantitative estimate of drug-likeness (QED) is 0.225. The number of aryl methyl sites for hydroxylation is 2. The van der Waals surface area contributed by atoms with Gasteiger partial charge in [0.1, 0.15) is 23.0 Å². The molecule has 3 nitrogen and oxygen atoms in total. The second-order valence-electron chi connectivity index (χ2n) is 10.4. The van der Waals surface area contributed by atoms with Gasteiger partial charge in [0, 0.05) is 24.0 Å². The number of hydrogen-bond acceptors (Lipinski definition) is 3. The van der Waals surface area contributed by atoms with Crippen LogP contribution in [0.4, 0.5) is 0 Å². The van der Waals surface area contributed by atoms with E-state index in [1.165, 1.54) is 99.3 Å². The lowest BCUT2D eigenvalue weighted by molar-refractivity contribution is 0.356. The molecule has 3 heteroatoms. The summed E-state index contributed by atoms with van der Waals surface area (Å²) < 4.78 is 18.8. The molecule has 35 heavy (non-hydrogen) atoms. The van der Waals surface area contributed by atoms with Crippen LogP contribution in [-0.2, 0) is 25.7 Å². The predicted octanol–water partition coefficient (Wildman–Crippen LogP) is 9.15. The molecule has 0 aliphatic carbocycles. The number of ether oxygens (including phenoxy) is 3. The average Bonchev–Trinajstić information content (AvgIpc) is 3.55. The number of rotatable bonds is 16. The van der Waals surface area contributed by atoms with Crippen molar-refractivity contribution in [1.82, 2.24) is 0 Å². The lowest BCUT2D eigenvalue weighted by Gasteiger charge is -2.19. The van der Waals surface area contributed by atoms with Crippen molar-refractivity contribution in [3.8, 4) is 23.0 Å². The number of hydrogen-bond donors (Lipinski definition) is 0. The molecule has 0 radical (unpaired) electrons. The molecule has 0 saturated heterocycles. The molecule has 2 heterocycles. The molecule has 0 saturated carbocycles. The lowest BCUT2D eigenvalue weighted by atomic mass is 9.98. The third-order valence-corrected chi connectivity index (χ3v) is 7.62. The van der Waals surface area contributed by atoms with Gasteiger partial charge in [0.15, 0.2) is 0 Å². The summed E-state index contributed by atoms with van der Waals surface area (Å²) in [6.07, 6.45) is 19.8. The molecule has 0 spiro atoms. The topological polar surface area (TPSA) is 27.7 Å². The fraction of sp³-hybridized carbons (Fsp3) is 0.625. The van der Waals surface area contributed by atoms with Gasteiger partial charge in [-0.25, -0.2) is 0 Å². The Morgan fingerprint density at radius 3 is 1.46 bits per heavy atom. The summed E-state index contributed by atoms with van der Waals surface area (Å²) in [5, 5.41) is 0.